The van der Waals surface area contributed by atoms with E-state index in [9.17, 15) is 0 Å². The average molecular weight is 368 g/mol. The fourth-order valence-electron chi connectivity index (χ4n) is 3.03. The van der Waals surface area contributed by atoms with E-state index in [2.05, 4.69) is 24.3 Å². The smallest absolute Gasteiger partial charge is 0.142 e. The summed E-state index contributed by atoms with van der Waals surface area (Å²) >= 11 is 12.4. The monoisotopic (exact) mass is 367 g/mol. The van der Waals surface area contributed by atoms with Crippen LogP contribution in [-0.4, -0.2) is 0 Å². The Labute approximate surface area is 155 Å². The minimum atomic E-state index is 0.352. The van der Waals surface area contributed by atoms with E-state index in [4.69, 9.17) is 33.4 Å². The summed E-state index contributed by atoms with van der Waals surface area (Å²) in [6.45, 7) is 0.352. The summed E-state index contributed by atoms with van der Waals surface area (Å²) in [5.74, 6) is 0.745. The SMILES string of the molecule is NCc1cc2cc(-c3ccccc3)cc(-c3cc(Cl)cc(Cl)c3)c2o1. The molecule has 0 aliphatic rings. The van der Waals surface area contributed by atoms with Crippen molar-refractivity contribution in [3.63, 3.8) is 0 Å². The second-order valence-electron chi connectivity index (χ2n) is 5.88. The van der Waals surface area contributed by atoms with Gasteiger partial charge in [0.1, 0.15) is 11.3 Å². The molecule has 3 aromatic carbocycles. The molecule has 25 heavy (non-hydrogen) atoms. The van der Waals surface area contributed by atoms with Crippen molar-refractivity contribution in [2.45, 2.75) is 6.54 Å². The first kappa shape index (κ1) is 16.2. The van der Waals surface area contributed by atoms with Crippen LogP contribution in [0.4, 0.5) is 0 Å². The molecule has 0 unspecified atom stereocenters. The van der Waals surface area contributed by atoms with Gasteiger partial charge in [0.2, 0.25) is 0 Å². The topological polar surface area (TPSA) is 39.2 Å². The minimum absolute atomic E-state index is 0.352. The molecule has 4 heteroatoms. The minimum Gasteiger partial charge on any atom is -0.459 e. The zero-order valence-electron chi connectivity index (χ0n) is 13.3. The third-order valence-electron chi connectivity index (χ3n) is 4.15. The molecule has 0 aliphatic heterocycles. The van der Waals surface area contributed by atoms with Crippen LogP contribution in [0.5, 0.6) is 0 Å². The van der Waals surface area contributed by atoms with Crippen molar-refractivity contribution in [3.8, 4) is 22.3 Å². The Kier molecular flexibility index (Phi) is 4.26. The number of furan rings is 1. The van der Waals surface area contributed by atoms with Gasteiger partial charge in [0, 0.05) is 21.0 Å². The van der Waals surface area contributed by atoms with Gasteiger partial charge in [-0.2, -0.15) is 0 Å². The van der Waals surface area contributed by atoms with Gasteiger partial charge >= 0.3 is 0 Å². The highest BCUT2D eigenvalue weighted by atomic mass is 35.5. The van der Waals surface area contributed by atoms with Crippen LogP contribution in [0, 0.1) is 0 Å². The number of hydrogen-bond donors (Lipinski definition) is 1. The molecule has 0 bridgehead atoms. The average Bonchev–Trinajstić information content (AvgIpc) is 3.04. The second kappa shape index (κ2) is 6.57. The normalized spacial score (nSPS) is 11.2. The third kappa shape index (κ3) is 3.16. The molecule has 4 aromatic rings. The Morgan fingerprint density at radius 2 is 1.48 bits per heavy atom. The predicted octanol–water partition coefficient (Wildman–Crippen LogP) is 6.53. The molecule has 0 amide bonds. The zero-order chi connectivity index (χ0) is 17.4. The molecule has 124 valence electrons. The van der Waals surface area contributed by atoms with Crippen LogP contribution >= 0.6 is 23.2 Å². The molecule has 0 saturated carbocycles. The van der Waals surface area contributed by atoms with E-state index in [1.807, 2.05) is 36.4 Å². The van der Waals surface area contributed by atoms with E-state index >= 15 is 0 Å². The fraction of sp³-hybridized carbons (Fsp3) is 0.0476. The molecule has 0 spiro atoms. The molecule has 2 nitrogen and oxygen atoms in total. The molecule has 1 heterocycles. The zero-order valence-corrected chi connectivity index (χ0v) is 14.8. The van der Waals surface area contributed by atoms with Crippen LogP contribution in [0.2, 0.25) is 10.0 Å². The van der Waals surface area contributed by atoms with Gasteiger partial charge in [0.05, 0.1) is 6.54 Å². The molecule has 0 fully saturated rings. The number of rotatable bonds is 3. The first-order chi connectivity index (χ1) is 12.1. The van der Waals surface area contributed by atoms with E-state index < -0.39 is 0 Å². The summed E-state index contributed by atoms with van der Waals surface area (Å²) in [6.07, 6.45) is 0. The van der Waals surface area contributed by atoms with Crippen LogP contribution in [0.3, 0.4) is 0 Å². The van der Waals surface area contributed by atoms with Crippen molar-refractivity contribution in [2.24, 2.45) is 5.73 Å². The summed E-state index contributed by atoms with van der Waals surface area (Å²) in [6, 6.07) is 21.9. The molecule has 0 aliphatic carbocycles. The van der Waals surface area contributed by atoms with E-state index in [-0.39, 0.29) is 0 Å². The summed E-state index contributed by atoms with van der Waals surface area (Å²) in [5, 5.41) is 2.19. The Morgan fingerprint density at radius 1 is 0.760 bits per heavy atom. The molecule has 4 rings (SSSR count). The highest BCUT2D eigenvalue weighted by molar-refractivity contribution is 6.35. The van der Waals surface area contributed by atoms with Crippen molar-refractivity contribution < 1.29 is 4.42 Å². The molecule has 1 aromatic heterocycles. The first-order valence-electron chi connectivity index (χ1n) is 7.92. The molecule has 0 radical (unpaired) electrons. The van der Waals surface area contributed by atoms with Crippen molar-refractivity contribution in [3.05, 3.63) is 82.5 Å². The van der Waals surface area contributed by atoms with Gasteiger partial charge in [-0.25, -0.2) is 0 Å². The highest BCUT2D eigenvalue weighted by Crippen LogP contribution is 2.37. The van der Waals surface area contributed by atoms with Gasteiger partial charge in [-0.05, 0) is 53.1 Å². The fourth-order valence-corrected chi connectivity index (χ4v) is 3.55. The maximum Gasteiger partial charge on any atom is 0.142 e. The van der Waals surface area contributed by atoms with E-state index in [1.165, 1.54) is 0 Å². The van der Waals surface area contributed by atoms with Gasteiger partial charge in [0.15, 0.2) is 0 Å². The lowest BCUT2D eigenvalue weighted by molar-refractivity contribution is 0.553. The van der Waals surface area contributed by atoms with Gasteiger partial charge < -0.3 is 10.2 Å². The van der Waals surface area contributed by atoms with E-state index in [0.717, 1.165) is 39.0 Å². The number of nitrogens with two attached hydrogens (primary N) is 1. The molecular formula is C21H15Cl2NO. The summed E-state index contributed by atoms with van der Waals surface area (Å²) in [4.78, 5) is 0. The lowest BCUT2D eigenvalue weighted by Crippen LogP contribution is -1.92. The number of halogens is 2. The van der Waals surface area contributed by atoms with Crippen LogP contribution in [0.15, 0.2) is 71.1 Å². The third-order valence-corrected chi connectivity index (χ3v) is 4.59. The molecule has 0 saturated heterocycles. The number of fused-ring (bicyclic) bond motifs is 1. The lowest BCUT2D eigenvalue weighted by atomic mass is 9.97. The maximum atomic E-state index is 6.21. The van der Waals surface area contributed by atoms with Crippen LogP contribution in [0.1, 0.15) is 5.76 Å². The summed E-state index contributed by atoms with van der Waals surface area (Å²) < 4.78 is 5.96. The Morgan fingerprint density at radius 3 is 2.16 bits per heavy atom. The largest absolute Gasteiger partial charge is 0.459 e. The lowest BCUT2D eigenvalue weighted by Gasteiger charge is -2.09. The van der Waals surface area contributed by atoms with Crippen LogP contribution < -0.4 is 5.73 Å². The summed E-state index contributed by atoms with van der Waals surface area (Å²) in [5.41, 5.74) is 10.6. The van der Waals surface area contributed by atoms with Gasteiger partial charge in [-0.1, -0.05) is 53.5 Å². The van der Waals surface area contributed by atoms with Crippen LogP contribution in [0.25, 0.3) is 33.2 Å². The standard InChI is InChI=1S/C21H15Cl2NO/c22-17-7-15(8-18(23)11-17)20-10-14(13-4-2-1-3-5-13)6-16-9-19(12-24)25-21(16)20/h1-11H,12,24H2. The Bertz CT molecular complexity index is 1030. The van der Waals surface area contributed by atoms with Crippen molar-refractivity contribution in [2.75, 3.05) is 0 Å². The summed E-state index contributed by atoms with van der Waals surface area (Å²) in [7, 11) is 0. The second-order valence-corrected chi connectivity index (χ2v) is 6.76. The van der Waals surface area contributed by atoms with Crippen molar-refractivity contribution in [1.82, 2.24) is 0 Å². The number of hydrogen-bond acceptors (Lipinski definition) is 2. The van der Waals surface area contributed by atoms with Crippen molar-refractivity contribution in [1.29, 1.82) is 0 Å². The maximum absolute atomic E-state index is 6.21. The predicted molar refractivity (Wildman–Crippen MR) is 105 cm³/mol. The van der Waals surface area contributed by atoms with E-state index in [0.29, 0.717) is 16.6 Å². The Hall–Kier alpha value is -2.26. The highest BCUT2D eigenvalue weighted by Gasteiger charge is 2.14. The Balaban J connectivity index is 2.02. The van der Waals surface area contributed by atoms with Gasteiger partial charge in [0.25, 0.3) is 0 Å². The molecular weight excluding hydrogens is 353 g/mol. The first-order valence-corrected chi connectivity index (χ1v) is 8.68. The van der Waals surface area contributed by atoms with Crippen molar-refractivity contribution >= 4 is 34.2 Å². The molecule has 2 N–H and O–H groups in total. The van der Waals surface area contributed by atoms with Crippen LogP contribution in [-0.2, 0) is 6.54 Å². The van der Waals surface area contributed by atoms with Gasteiger partial charge in [-0.3, -0.25) is 0 Å². The molecule has 0 atom stereocenters. The number of benzene rings is 3. The quantitative estimate of drug-likeness (QED) is 0.446. The van der Waals surface area contributed by atoms with E-state index in [1.54, 1.807) is 6.07 Å². The van der Waals surface area contributed by atoms with Gasteiger partial charge in [-0.15, -0.1) is 0 Å².